The van der Waals surface area contributed by atoms with Gasteiger partial charge in [0.1, 0.15) is 0 Å². The van der Waals surface area contributed by atoms with Gasteiger partial charge in [0.2, 0.25) is 0 Å². The molecule has 128 valence electrons. The molecular weight excluding hydrogens is 342 g/mol. The van der Waals surface area contributed by atoms with E-state index in [0.717, 1.165) is 22.2 Å². The van der Waals surface area contributed by atoms with E-state index in [1.807, 2.05) is 29.6 Å². The topological polar surface area (TPSA) is 54.9 Å². The Balaban J connectivity index is 1.63. The molecule has 1 amide bonds. The van der Waals surface area contributed by atoms with Gasteiger partial charge in [-0.1, -0.05) is 35.9 Å². The van der Waals surface area contributed by atoms with Crippen LogP contribution in [0.2, 0.25) is 0 Å². The molecule has 5 heteroatoms. The number of hydrogen-bond donors (Lipinski definition) is 1. The van der Waals surface area contributed by atoms with Gasteiger partial charge in [-0.05, 0) is 37.6 Å². The highest BCUT2D eigenvalue weighted by molar-refractivity contribution is 7.14. The van der Waals surface area contributed by atoms with Crippen LogP contribution in [-0.2, 0) is 0 Å². The van der Waals surface area contributed by atoms with Crippen molar-refractivity contribution in [1.82, 2.24) is 9.97 Å². The number of hydrogen-bond acceptors (Lipinski definition) is 4. The van der Waals surface area contributed by atoms with E-state index in [-0.39, 0.29) is 5.91 Å². The fourth-order valence-corrected chi connectivity index (χ4v) is 3.62. The molecule has 4 nitrogen and oxygen atoms in total. The van der Waals surface area contributed by atoms with Crippen LogP contribution in [0.3, 0.4) is 0 Å². The highest BCUT2D eigenvalue weighted by atomic mass is 32.1. The third kappa shape index (κ3) is 3.09. The number of aromatic nitrogens is 2. The number of carbonyl (C=O) groups excluding carboxylic acids is 1. The Morgan fingerprint density at radius 2 is 1.92 bits per heavy atom. The monoisotopic (exact) mass is 359 g/mol. The lowest BCUT2D eigenvalue weighted by molar-refractivity contribution is 0.102. The van der Waals surface area contributed by atoms with Gasteiger partial charge in [-0.25, -0.2) is 4.98 Å². The summed E-state index contributed by atoms with van der Waals surface area (Å²) in [6.07, 6.45) is 1.70. The standard InChI is InChI=1S/C21H17N3OS/c1-13-8-9-14(2)17(11-13)18-12-26-21(23-18)24-20(25)16-7-3-5-15-6-4-10-22-19(15)16/h3-12H,1-2H3,(H,23,24,25). The second-order valence-corrected chi connectivity index (χ2v) is 7.05. The smallest absolute Gasteiger partial charge is 0.259 e. The molecule has 2 aromatic heterocycles. The van der Waals surface area contributed by atoms with E-state index < -0.39 is 0 Å². The molecule has 0 aliphatic rings. The zero-order valence-corrected chi connectivity index (χ0v) is 15.3. The van der Waals surface area contributed by atoms with E-state index in [1.54, 1.807) is 12.3 Å². The van der Waals surface area contributed by atoms with E-state index in [2.05, 4.69) is 47.3 Å². The summed E-state index contributed by atoms with van der Waals surface area (Å²) in [6, 6.07) is 15.7. The minimum atomic E-state index is -0.198. The first-order valence-electron chi connectivity index (χ1n) is 8.30. The van der Waals surface area contributed by atoms with Gasteiger partial charge >= 0.3 is 0 Å². The fourth-order valence-electron chi connectivity index (χ4n) is 2.92. The predicted molar refractivity (Wildman–Crippen MR) is 107 cm³/mol. The van der Waals surface area contributed by atoms with Gasteiger partial charge in [-0.2, -0.15) is 0 Å². The number of thiazole rings is 1. The number of amides is 1. The Morgan fingerprint density at radius 3 is 2.81 bits per heavy atom. The van der Waals surface area contributed by atoms with Crippen molar-refractivity contribution in [3.63, 3.8) is 0 Å². The fraction of sp³-hybridized carbons (Fsp3) is 0.0952. The van der Waals surface area contributed by atoms with Crippen LogP contribution in [0.4, 0.5) is 5.13 Å². The third-order valence-corrected chi connectivity index (χ3v) is 5.03. The molecule has 1 N–H and O–H groups in total. The minimum Gasteiger partial charge on any atom is -0.298 e. The molecule has 0 aliphatic heterocycles. The zero-order valence-electron chi connectivity index (χ0n) is 14.5. The summed E-state index contributed by atoms with van der Waals surface area (Å²) >= 11 is 1.42. The van der Waals surface area contributed by atoms with Gasteiger partial charge in [-0.3, -0.25) is 15.1 Å². The summed E-state index contributed by atoms with van der Waals surface area (Å²) < 4.78 is 0. The third-order valence-electron chi connectivity index (χ3n) is 4.27. The van der Waals surface area contributed by atoms with E-state index in [4.69, 9.17) is 0 Å². The molecule has 0 unspecified atom stereocenters. The molecule has 0 aliphatic carbocycles. The molecule has 26 heavy (non-hydrogen) atoms. The molecule has 0 saturated carbocycles. The van der Waals surface area contributed by atoms with Gasteiger partial charge in [-0.15, -0.1) is 11.3 Å². The van der Waals surface area contributed by atoms with E-state index in [9.17, 15) is 4.79 Å². The molecular formula is C21H17N3OS. The van der Waals surface area contributed by atoms with Gasteiger partial charge in [0.05, 0.1) is 16.8 Å². The number of nitrogens with zero attached hydrogens (tertiary/aromatic N) is 2. The summed E-state index contributed by atoms with van der Waals surface area (Å²) in [5.74, 6) is -0.198. The lowest BCUT2D eigenvalue weighted by Crippen LogP contribution is -2.12. The number of para-hydroxylation sites is 1. The number of fused-ring (bicyclic) bond motifs is 1. The lowest BCUT2D eigenvalue weighted by Gasteiger charge is -2.05. The van der Waals surface area contributed by atoms with Gasteiger partial charge in [0.15, 0.2) is 5.13 Å². The van der Waals surface area contributed by atoms with Crippen LogP contribution in [-0.4, -0.2) is 15.9 Å². The number of benzene rings is 2. The second kappa shape index (κ2) is 6.69. The summed E-state index contributed by atoms with van der Waals surface area (Å²) in [5.41, 5.74) is 5.56. The van der Waals surface area contributed by atoms with Crippen LogP contribution in [0.15, 0.2) is 60.1 Å². The Labute approximate surface area is 155 Å². The minimum absolute atomic E-state index is 0.198. The van der Waals surface area contributed by atoms with Crippen molar-refractivity contribution in [2.75, 3.05) is 5.32 Å². The van der Waals surface area contributed by atoms with Gasteiger partial charge in [0.25, 0.3) is 5.91 Å². The Bertz CT molecular complexity index is 1110. The van der Waals surface area contributed by atoms with Crippen molar-refractivity contribution in [2.45, 2.75) is 13.8 Å². The molecule has 0 fully saturated rings. The van der Waals surface area contributed by atoms with Crippen LogP contribution in [0.25, 0.3) is 22.2 Å². The number of aryl methyl sites for hydroxylation is 2. The molecule has 0 spiro atoms. The van der Waals surface area contributed by atoms with Gasteiger partial charge in [0, 0.05) is 22.5 Å². The molecule has 0 atom stereocenters. The Hall–Kier alpha value is -3.05. The van der Waals surface area contributed by atoms with E-state index in [1.165, 1.54) is 16.9 Å². The number of anilines is 1. The van der Waals surface area contributed by atoms with Crippen molar-refractivity contribution in [1.29, 1.82) is 0 Å². The number of nitrogens with one attached hydrogen (secondary N) is 1. The van der Waals surface area contributed by atoms with Crippen molar-refractivity contribution in [2.24, 2.45) is 0 Å². The molecule has 2 heterocycles. The first-order valence-corrected chi connectivity index (χ1v) is 9.18. The highest BCUT2D eigenvalue weighted by Gasteiger charge is 2.14. The van der Waals surface area contributed by atoms with Crippen LogP contribution >= 0.6 is 11.3 Å². The SMILES string of the molecule is Cc1ccc(C)c(-c2csc(NC(=O)c3cccc4cccnc34)n2)c1. The second-order valence-electron chi connectivity index (χ2n) is 6.19. The number of rotatable bonds is 3. The summed E-state index contributed by atoms with van der Waals surface area (Å²) in [4.78, 5) is 21.6. The predicted octanol–water partition coefficient (Wildman–Crippen LogP) is 5.23. The summed E-state index contributed by atoms with van der Waals surface area (Å²) in [5, 5.41) is 6.40. The highest BCUT2D eigenvalue weighted by Crippen LogP contribution is 2.28. The zero-order chi connectivity index (χ0) is 18.1. The number of pyridine rings is 1. The molecule has 0 bridgehead atoms. The van der Waals surface area contributed by atoms with Crippen molar-refractivity contribution < 1.29 is 4.79 Å². The maximum Gasteiger partial charge on any atom is 0.259 e. The Kier molecular flexibility index (Phi) is 4.22. The summed E-state index contributed by atoms with van der Waals surface area (Å²) in [6.45, 7) is 4.12. The maximum absolute atomic E-state index is 12.7. The van der Waals surface area contributed by atoms with Crippen molar-refractivity contribution in [3.05, 3.63) is 76.8 Å². The van der Waals surface area contributed by atoms with E-state index >= 15 is 0 Å². The van der Waals surface area contributed by atoms with Crippen LogP contribution in [0.1, 0.15) is 21.5 Å². The quantitative estimate of drug-likeness (QED) is 0.545. The molecule has 0 radical (unpaired) electrons. The average molecular weight is 359 g/mol. The lowest BCUT2D eigenvalue weighted by atomic mass is 10.0. The Morgan fingerprint density at radius 1 is 1.08 bits per heavy atom. The van der Waals surface area contributed by atoms with Crippen LogP contribution < -0.4 is 5.32 Å². The normalized spacial score (nSPS) is 10.8. The first-order chi connectivity index (χ1) is 12.6. The maximum atomic E-state index is 12.7. The van der Waals surface area contributed by atoms with Gasteiger partial charge < -0.3 is 0 Å². The molecule has 0 saturated heterocycles. The van der Waals surface area contributed by atoms with Crippen molar-refractivity contribution in [3.8, 4) is 11.3 Å². The number of carbonyl (C=O) groups is 1. The van der Waals surface area contributed by atoms with Crippen molar-refractivity contribution >= 4 is 33.3 Å². The summed E-state index contributed by atoms with van der Waals surface area (Å²) in [7, 11) is 0. The average Bonchev–Trinajstić information content (AvgIpc) is 3.11. The van der Waals surface area contributed by atoms with Crippen LogP contribution in [0.5, 0.6) is 0 Å². The molecule has 2 aromatic carbocycles. The first kappa shape index (κ1) is 16.4. The largest absolute Gasteiger partial charge is 0.298 e. The molecule has 4 rings (SSSR count). The van der Waals surface area contributed by atoms with E-state index in [0.29, 0.717) is 16.2 Å². The molecule has 4 aromatic rings. The van der Waals surface area contributed by atoms with Crippen LogP contribution in [0, 0.1) is 13.8 Å².